The molecule has 0 aliphatic heterocycles. The lowest BCUT2D eigenvalue weighted by Gasteiger charge is -2.41. The van der Waals surface area contributed by atoms with Crippen LogP contribution in [-0.2, 0) is 9.59 Å². The summed E-state index contributed by atoms with van der Waals surface area (Å²) < 4.78 is 0. The molecule has 0 heterocycles. The Kier molecular flexibility index (Phi) is 3.63. The van der Waals surface area contributed by atoms with Crippen LogP contribution in [0.25, 0.3) is 0 Å². The lowest BCUT2D eigenvalue weighted by Crippen LogP contribution is -2.40. The first kappa shape index (κ1) is 14.4. The summed E-state index contributed by atoms with van der Waals surface area (Å²) in [6.45, 7) is 6.40. The Balaban J connectivity index is 2.29. The summed E-state index contributed by atoms with van der Waals surface area (Å²) in [6, 6.07) is 0. The molecule has 2 rings (SSSR count). The van der Waals surface area contributed by atoms with Gasteiger partial charge in [-0.25, -0.2) is 0 Å². The van der Waals surface area contributed by atoms with Gasteiger partial charge in [0.05, 0.1) is 11.3 Å². The van der Waals surface area contributed by atoms with Crippen LogP contribution in [-0.4, -0.2) is 22.2 Å². The van der Waals surface area contributed by atoms with Crippen LogP contribution < -0.4 is 0 Å². The summed E-state index contributed by atoms with van der Waals surface area (Å²) in [6.07, 6.45) is 3.34. The van der Waals surface area contributed by atoms with Gasteiger partial charge >= 0.3 is 11.9 Å². The van der Waals surface area contributed by atoms with Crippen molar-refractivity contribution in [2.24, 2.45) is 35.0 Å². The SMILES string of the molecule is CC1CCC(C(C)C)C([C@@]2(C(=O)O)C[C@@H]2C(=O)O)C1. The Morgan fingerprint density at radius 3 is 2.26 bits per heavy atom. The second kappa shape index (κ2) is 4.80. The van der Waals surface area contributed by atoms with E-state index < -0.39 is 23.3 Å². The first-order chi connectivity index (χ1) is 8.80. The zero-order chi connectivity index (χ0) is 14.4. The lowest BCUT2D eigenvalue weighted by molar-refractivity contribution is -0.154. The third kappa shape index (κ3) is 2.26. The zero-order valence-electron chi connectivity index (χ0n) is 11.9. The molecule has 0 aromatic carbocycles. The van der Waals surface area contributed by atoms with E-state index in [0.29, 0.717) is 24.2 Å². The van der Waals surface area contributed by atoms with Crippen molar-refractivity contribution in [3.63, 3.8) is 0 Å². The standard InChI is InChI=1S/C15H24O4/c1-8(2)10-5-4-9(3)6-11(10)15(14(18)19)7-12(15)13(16)17/h8-12H,4-7H2,1-3H3,(H,16,17)(H,18,19)/t9?,10?,11?,12-,15+/m1/s1. The van der Waals surface area contributed by atoms with Crippen molar-refractivity contribution in [1.82, 2.24) is 0 Å². The fourth-order valence-electron chi connectivity index (χ4n) is 4.19. The third-order valence-electron chi connectivity index (χ3n) is 5.38. The molecular formula is C15H24O4. The van der Waals surface area contributed by atoms with E-state index in [9.17, 15) is 19.8 Å². The molecule has 4 heteroatoms. The van der Waals surface area contributed by atoms with Crippen molar-refractivity contribution >= 4 is 11.9 Å². The van der Waals surface area contributed by atoms with Gasteiger partial charge < -0.3 is 10.2 Å². The molecular weight excluding hydrogens is 244 g/mol. The van der Waals surface area contributed by atoms with Crippen LogP contribution >= 0.6 is 0 Å². The first-order valence-corrected chi connectivity index (χ1v) is 7.26. The van der Waals surface area contributed by atoms with Crippen molar-refractivity contribution in [2.75, 3.05) is 0 Å². The molecule has 0 spiro atoms. The highest BCUT2D eigenvalue weighted by Crippen LogP contribution is 2.64. The molecule has 0 saturated heterocycles. The zero-order valence-corrected chi connectivity index (χ0v) is 11.9. The van der Waals surface area contributed by atoms with Gasteiger partial charge in [-0.3, -0.25) is 9.59 Å². The molecule has 2 aliphatic rings. The van der Waals surface area contributed by atoms with Gasteiger partial charge in [-0.05, 0) is 42.9 Å². The third-order valence-corrected chi connectivity index (χ3v) is 5.38. The van der Waals surface area contributed by atoms with Crippen LogP contribution in [0.4, 0.5) is 0 Å². The minimum absolute atomic E-state index is 0.0230. The van der Waals surface area contributed by atoms with E-state index in [4.69, 9.17) is 0 Å². The largest absolute Gasteiger partial charge is 0.481 e. The van der Waals surface area contributed by atoms with Crippen molar-refractivity contribution in [2.45, 2.75) is 46.5 Å². The van der Waals surface area contributed by atoms with Crippen LogP contribution in [0.5, 0.6) is 0 Å². The second-order valence-electron chi connectivity index (χ2n) is 6.87. The van der Waals surface area contributed by atoms with E-state index in [1.165, 1.54) is 0 Å². The quantitative estimate of drug-likeness (QED) is 0.822. The topological polar surface area (TPSA) is 74.6 Å². The molecule has 2 aliphatic carbocycles. The van der Waals surface area contributed by atoms with E-state index >= 15 is 0 Å². The molecule has 3 unspecified atom stereocenters. The van der Waals surface area contributed by atoms with Crippen molar-refractivity contribution in [3.05, 3.63) is 0 Å². The van der Waals surface area contributed by atoms with Crippen molar-refractivity contribution in [3.8, 4) is 0 Å². The van der Waals surface area contributed by atoms with Crippen molar-refractivity contribution in [1.29, 1.82) is 0 Å². The molecule has 0 amide bonds. The van der Waals surface area contributed by atoms with Gasteiger partial charge in [-0.2, -0.15) is 0 Å². The van der Waals surface area contributed by atoms with Crippen LogP contribution in [0.3, 0.4) is 0 Å². The number of hydrogen-bond acceptors (Lipinski definition) is 2. The summed E-state index contributed by atoms with van der Waals surface area (Å²) in [5, 5.41) is 18.8. The molecule has 2 saturated carbocycles. The van der Waals surface area contributed by atoms with E-state index in [2.05, 4.69) is 20.8 Å². The van der Waals surface area contributed by atoms with Gasteiger partial charge in [0.1, 0.15) is 0 Å². The molecule has 0 radical (unpaired) electrons. The molecule has 0 aromatic heterocycles. The maximum absolute atomic E-state index is 11.7. The number of rotatable bonds is 4. The summed E-state index contributed by atoms with van der Waals surface area (Å²) in [7, 11) is 0. The number of carboxylic acid groups (broad SMARTS) is 2. The Morgan fingerprint density at radius 2 is 1.84 bits per heavy atom. The fraction of sp³-hybridized carbons (Fsp3) is 0.867. The molecule has 5 atom stereocenters. The van der Waals surface area contributed by atoms with E-state index in [0.717, 1.165) is 19.3 Å². The first-order valence-electron chi connectivity index (χ1n) is 7.26. The van der Waals surface area contributed by atoms with Crippen molar-refractivity contribution < 1.29 is 19.8 Å². The summed E-state index contributed by atoms with van der Waals surface area (Å²) in [4.78, 5) is 22.9. The molecule has 4 nitrogen and oxygen atoms in total. The maximum atomic E-state index is 11.7. The number of carboxylic acids is 2. The van der Waals surface area contributed by atoms with Crippen LogP contribution in [0.1, 0.15) is 46.5 Å². The minimum Gasteiger partial charge on any atom is -0.481 e. The predicted octanol–water partition coefficient (Wildman–Crippen LogP) is 2.87. The summed E-state index contributed by atoms with van der Waals surface area (Å²) in [5.74, 6) is -1.23. The van der Waals surface area contributed by atoms with Gasteiger partial charge in [0.2, 0.25) is 0 Å². The highest BCUT2D eigenvalue weighted by Gasteiger charge is 2.69. The van der Waals surface area contributed by atoms with Gasteiger partial charge in [-0.15, -0.1) is 0 Å². The maximum Gasteiger partial charge on any atom is 0.310 e. The summed E-state index contributed by atoms with van der Waals surface area (Å²) in [5.41, 5.74) is -0.991. The van der Waals surface area contributed by atoms with Crippen LogP contribution in [0.15, 0.2) is 0 Å². The molecule has 2 N–H and O–H groups in total. The molecule has 0 aromatic rings. The number of carbonyl (C=O) groups is 2. The summed E-state index contributed by atoms with van der Waals surface area (Å²) >= 11 is 0. The Bertz CT molecular complexity index is 390. The molecule has 108 valence electrons. The van der Waals surface area contributed by atoms with Crippen LogP contribution in [0, 0.1) is 35.0 Å². The molecule has 19 heavy (non-hydrogen) atoms. The van der Waals surface area contributed by atoms with Gasteiger partial charge in [-0.1, -0.05) is 27.2 Å². The average Bonchev–Trinajstić information content (AvgIpc) is 3.04. The highest BCUT2D eigenvalue weighted by atomic mass is 16.4. The fourth-order valence-corrected chi connectivity index (χ4v) is 4.19. The smallest absolute Gasteiger partial charge is 0.310 e. The second-order valence-corrected chi connectivity index (χ2v) is 6.87. The van der Waals surface area contributed by atoms with Gasteiger partial charge in [0.25, 0.3) is 0 Å². The van der Waals surface area contributed by atoms with Gasteiger partial charge in [0, 0.05) is 0 Å². The Morgan fingerprint density at radius 1 is 1.21 bits per heavy atom. The monoisotopic (exact) mass is 268 g/mol. The molecule has 0 bridgehead atoms. The van der Waals surface area contributed by atoms with E-state index in [1.807, 2.05) is 0 Å². The Hall–Kier alpha value is -1.06. The van der Waals surface area contributed by atoms with Crippen LogP contribution in [0.2, 0.25) is 0 Å². The number of hydrogen-bond donors (Lipinski definition) is 2. The highest BCUT2D eigenvalue weighted by molar-refractivity contribution is 5.89. The number of aliphatic carboxylic acids is 2. The lowest BCUT2D eigenvalue weighted by atomic mass is 9.63. The van der Waals surface area contributed by atoms with E-state index in [-0.39, 0.29) is 5.92 Å². The van der Waals surface area contributed by atoms with E-state index in [1.54, 1.807) is 0 Å². The minimum atomic E-state index is -0.991. The molecule has 2 fully saturated rings. The average molecular weight is 268 g/mol. The normalized spacial score (nSPS) is 42.1. The van der Waals surface area contributed by atoms with Gasteiger partial charge in [0.15, 0.2) is 0 Å². The Labute approximate surface area is 114 Å². The predicted molar refractivity (Wildman–Crippen MR) is 70.6 cm³/mol.